The second-order valence-electron chi connectivity index (χ2n) is 9.76. The van der Waals surface area contributed by atoms with Gasteiger partial charge < -0.3 is 9.64 Å². The van der Waals surface area contributed by atoms with Crippen LogP contribution in [-0.4, -0.2) is 41.3 Å². The minimum absolute atomic E-state index is 0.342. The molecule has 166 valence electrons. The van der Waals surface area contributed by atoms with Crippen molar-refractivity contribution in [2.45, 2.75) is 51.4 Å². The molecule has 2 aromatic rings. The van der Waals surface area contributed by atoms with Crippen LogP contribution in [0.2, 0.25) is 5.02 Å². The van der Waals surface area contributed by atoms with Gasteiger partial charge >= 0.3 is 0 Å². The van der Waals surface area contributed by atoms with Crippen molar-refractivity contribution in [3.05, 3.63) is 41.2 Å². The third-order valence-corrected chi connectivity index (χ3v) is 8.06. The van der Waals surface area contributed by atoms with Crippen LogP contribution in [0.25, 0.3) is 11.3 Å². The van der Waals surface area contributed by atoms with Crippen molar-refractivity contribution >= 4 is 11.6 Å². The summed E-state index contributed by atoms with van der Waals surface area (Å²) in [5, 5.41) is 8.82. The van der Waals surface area contributed by atoms with Crippen molar-refractivity contribution in [3.8, 4) is 17.1 Å². The summed E-state index contributed by atoms with van der Waals surface area (Å²) in [7, 11) is 0. The number of rotatable bonds is 6. The third-order valence-electron chi connectivity index (χ3n) is 7.73. The average molecular weight is 444 g/mol. The van der Waals surface area contributed by atoms with Gasteiger partial charge in [0.2, 0.25) is 5.88 Å². The van der Waals surface area contributed by atoms with Gasteiger partial charge in [-0.3, -0.25) is 0 Å². The molecule has 1 atom stereocenters. The van der Waals surface area contributed by atoms with E-state index in [9.17, 15) is 4.39 Å². The summed E-state index contributed by atoms with van der Waals surface area (Å²) >= 11 is 6.16. The maximum atomic E-state index is 13.5. The summed E-state index contributed by atoms with van der Waals surface area (Å²) in [6.07, 6.45) is 11.0. The maximum Gasteiger partial charge on any atom is 0.233 e. The van der Waals surface area contributed by atoms with Crippen molar-refractivity contribution in [1.29, 1.82) is 0 Å². The summed E-state index contributed by atoms with van der Waals surface area (Å²) in [6, 6.07) is 7.83. The first-order chi connectivity index (χ1) is 15.1. The Morgan fingerprint density at radius 1 is 1.06 bits per heavy atom. The van der Waals surface area contributed by atoms with Crippen molar-refractivity contribution in [2.75, 3.05) is 26.2 Å². The number of halogens is 2. The Bertz CT molecular complexity index is 892. The van der Waals surface area contributed by atoms with Crippen molar-refractivity contribution in [3.63, 3.8) is 0 Å². The molecule has 0 radical (unpaired) electrons. The lowest BCUT2D eigenvalue weighted by molar-refractivity contribution is 0.123. The molecule has 1 saturated heterocycles. The van der Waals surface area contributed by atoms with Gasteiger partial charge in [-0.1, -0.05) is 30.9 Å². The third kappa shape index (κ3) is 4.88. The minimum atomic E-state index is -0.342. The van der Waals surface area contributed by atoms with Gasteiger partial charge in [0.25, 0.3) is 0 Å². The summed E-state index contributed by atoms with van der Waals surface area (Å²) in [4.78, 5) is 2.71. The van der Waals surface area contributed by atoms with Gasteiger partial charge in [0.1, 0.15) is 5.82 Å². The first-order valence-electron chi connectivity index (χ1n) is 11.8. The maximum absolute atomic E-state index is 13.5. The zero-order chi connectivity index (χ0) is 21.3. The number of aromatic nitrogens is 2. The Morgan fingerprint density at radius 2 is 1.87 bits per heavy atom. The van der Waals surface area contributed by atoms with Crippen LogP contribution in [-0.2, 0) is 0 Å². The fraction of sp³-hybridized carbons (Fsp3) is 0.600. The molecule has 1 aromatic carbocycles. The predicted octanol–water partition coefficient (Wildman–Crippen LogP) is 6.00. The van der Waals surface area contributed by atoms with Crippen LogP contribution >= 0.6 is 11.6 Å². The van der Waals surface area contributed by atoms with Crippen LogP contribution in [0.1, 0.15) is 51.4 Å². The van der Waals surface area contributed by atoms with E-state index in [2.05, 4.69) is 15.1 Å². The fourth-order valence-electron chi connectivity index (χ4n) is 5.62. The van der Waals surface area contributed by atoms with E-state index >= 15 is 0 Å². The number of hydrogen-bond donors (Lipinski definition) is 0. The Labute approximate surface area is 189 Å². The van der Waals surface area contributed by atoms with Crippen LogP contribution in [0, 0.1) is 23.1 Å². The molecule has 1 aromatic heterocycles. The van der Waals surface area contributed by atoms with Crippen LogP contribution in [0.5, 0.6) is 5.88 Å². The molecule has 2 aliphatic carbocycles. The lowest BCUT2D eigenvalue weighted by Crippen LogP contribution is -2.39. The number of hydrogen-bond acceptors (Lipinski definition) is 4. The predicted molar refractivity (Wildman–Crippen MR) is 121 cm³/mol. The molecule has 1 aliphatic heterocycles. The zero-order valence-electron chi connectivity index (χ0n) is 18.0. The Balaban J connectivity index is 1.09. The van der Waals surface area contributed by atoms with E-state index < -0.39 is 0 Å². The number of likely N-dealkylation sites (tertiary alicyclic amines) is 1. The van der Waals surface area contributed by atoms with Crippen LogP contribution < -0.4 is 4.74 Å². The van der Waals surface area contributed by atoms with E-state index in [-0.39, 0.29) is 5.82 Å². The molecule has 3 aliphatic rings. The normalized spacial score (nSPS) is 23.7. The van der Waals surface area contributed by atoms with Gasteiger partial charge in [0.15, 0.2) is 0 Å². The van der Waals surface area contributed by atoms with Crippen molar-refractivity contribution in [1.82, 2.24) is 15.1 Å². The zero-order valence-corrected chi connectivity index (χ0v) is 18.8. The second-order valence-corrected chi connectivity index (χ2v) is 10.2. The molecule has 4 nitrogen and oxygen atoms in total. The van der Waals surface area contributed by atoms with Crippen LogP contribution in [0.15, 0.2) is 30.3 Å². The van der Waals surface area contributed by atoms with E-state index in [0.717, 1.165) is 5.92 Å². The first kappa shape index (κ1) is 21.1. The molecule has 31 heavy (non-hydrogen) atoms. The lowest BCUT2D eigenvalue weighted by Gasteiger charge is -2.36. The van der Waals surface area contributed by atoms with Crippen LogP contribution in [0.4, 0.5) is 4.39 Å². The molecular weight excluding hydrogens is 413 g/mol. The SMILES string of the molecule is Fc1ccc(Cl)c(-c2ccc(OCC3CC34CCN(CC3CCCCC3)CC4)nn2)c1. The van der Waals surface area contributed by atoms with Gasteiger partial charge in [0.05, 0.1) is 17.3 Å². The topological polar surface area (TPSA) is 38.2 Å². The molecule has 0 bridgehead atoms. The molecule has 5 rings (SSSR count). The number of nitrogens with zero attached hydrogens (tertiary/aromatic N) is 3. The second kappa shape index (κ2) is 9.03. The van der Waals surface area contributed by atoms with E-state index in [0.29, 0.717) is 40.1 Å². The average Bonchev–Trinajstić information content (AvgIpc) is 3.48. The largest absolute Gasteiger partial charge is 0.476 e. The van der Waals surface area contributed by atoms with Crippen LogP contribution in [0.3, 0.4) is 0 Å². The molecule has 0 N–H and O–H groups in total. The number of ether oxygens (including phenoxy) is 1. The van der Waals surface area contributed by atoms with Crippen molar-refractivity contribution in [2.24, 2.45) is 17.3 Å². The first-order valence-corrected chi connectivity index (χ1v) is 12.1. The van der Waals surface area contributed by atoms with E-state index in [1.165, 1.54) is 89.2 Å². The molecular formula is C25H31ClFN3O. The van der Waals surface area contributed by atoms with Gasteiger partial charge in [-0.25, -0.2) is 4.39 Å². The number of piperidine rings is 1. The molecule has 1 unspecified atom stereocenters. The minimum Gasteiger partial charge on any atom is -0.476 e. The quantitative estimate of drug-likeness (QED) is 0.549. The highest BCUT2D eigenvalue weighted by molar-refractivity contribution is 6.33. The highest BCUT2D eigenvalue weighted by Gasteiger charge is 2.55. The van der Waals surface area contributed by atoms with E-state index in [1.807, 2.05) is 0 Å². The summed E-state index contributed by atoms with van der Waals surface area (Å²) < 4.78 is 19.5. The van der Waals surface area contributed by atoms with Gasteiger partial charge in [-0.2, -0.15) is 0 Å². The van der Waals surface area contributed by atoms with Gasteiger partial charge in [-0.05, 0) is 86.7 Å². The summed E-state index contributed by atoms with van der Waals surface area (Å²) in [6.45, 7) is 4.51. The molecule has 2 heterocycles. The Morgan fingerprint density at radius 3 is 2.61 bits per heavy atom. The molecule has 1 spiro atoms. The Kier molecular flexibility index (Phi) is 6.16. The Hall–Kier alpha value is -1.72. The van der Waals surface area contributed by atoms with Gasteiger partial charge in [0, 0.05) is 18.2 Å². The van der Waals surface area contributed by atoms with E-state index in [4.69, 9.17) is 16.3 Å². The van der Waals surface area contributed by atoms with Gasteiger partial charge in [-0.15, -0.1) is 10.2 Å². The monoisotopic (exact) mass is 443 g/mol. The molecule has 2 saturated carbocycles. The van der Waals surface area contributed by atoms with E-state index in [1.54, 1.807) is 12.1 Å². The smallest absolute Gasteiger partial charge is 0.233 e. The summed E-state index contributed by atoms with van der Waals surface area (Å²) in [5.74, 6) is 1.74. The lowest BCUT2D eigenvalue weighted by atomic mass is 9.86. The van der Waals surface area contributed by atoms with Crippen molar-refractivity contribution < 1.29 is 9.13 Å². The molecule has 0 amide bonds. The highest BCUT2D eigenvalue weighted by atomic mass is 35.5. The summed E-state index contributed by atoms with van der Waals surface area (Å²) in [5.41, 5.74) is 1.58. The number of benzene rings is 1. The fourth-order valence-corrected chi connectivity index (χ4v) is 5.83. The molecule has 3 fully saturated rings. The highest BCUT2D eigenvalue weighted by Crippen LogP contribution is 2.59. The molecule has 6 heteroatoms. The standard InChI is InChI=1S/C25H31ClFN3O/c26-22-7-6-20(27)14-21(22)23-8-9-24(29-28-23)31-17-19-15-25(19)10-12-30(13-11-25)16-18-4-2-1-3-5-18/h6-9,14,18-19H,1-5,10-13,15-17H2.